The van der Waals surface area contributed by atoms with Crippen molar-refractivity contribution in [2.45, 2.75) is 0 Å². The summed E-state index contributed by atoms with van der Waals surface area (Å²) in [6, 6.07) is 7.26. The molecule has 0 amide bonds. The normalized spacial score (nSPS) is 9.93. The summed E-state index contributed by atoms with van der Waals surface area (Å²) in [4.78, 5) is 10.9. The van der Waals surface area contributed by atoms with Crippen LogP contribution in [0.3, 0.4) is 0 Å². The lowest BCUT2D eigenvalue weighted by atomic mass is 10.1. The van der Waals surface area contributed by atoms with Crippen molar-refractivity contribution in [3.8, 4) is 17.0 Å². The summed E-state index contributed by atoms with van der Waals surface area (Å²) in [5.74, 6) is 0.677. The van der Waals surface area contributed by atoms with Gasteiger partial charge in [0.15, 0.2) is 6.29 Å². The van der Waals surface area contributed by atoms with Crippen molar-refractivity contribution >= 4 is 17.8 Å². The quantitative estimate of drug-likeness (QED) is 0.745. The van der Waals surface area contributed by atoms with Gasteiger partial charge >= 0.3 is 0 Å². The highest BCUT2D eigenvalue weighted by Crippen LogP contribution is 2.25. The Morgan fingerprint density at radius 3 is 2.87 bits per heavy atom. The highest BCUT2D eigenvalue weighted by molar-refractivity contribution is 7.03. The molecule has 0 fully saturated rings. The van der Waals surface area contributed by atoms with Gasteiger partial charge in [-0.25, -0.2) is 0 Å². The third-order valence-electron chi connectivity index (χ3n) is 2.10. The van der Waals surface area contributed by atoms with Crippen LogP contribution in [-0.2, 0) is 0 Å². The average Bonchev–Trinajstić information content (AvgIpc) is 2.81. The van der Waals surface area contributed by atoms with Gasteiger partial charge in [0.25, 0.3) is 0 Å². The molecule has 1 aromatic heterocycles. The molecule has 76 valence electrons. The van der Waals surface area contributed by atoms with Crippen LogP contribution in [0.25, 0.3) is 11.3 Å². The predicted octanol–water partition coefficient (Wildman–Crippen LogP) is 2.63. The van der Waals surface area contributed by atoms with Crippen LogP contribution in [0.5, 0.6) is 5.75 Å². The van der Waals surface area contributed by atoms with E-state index >= 15 is 0 Å². The Balaban J connectivity index is 2.52. The minimum atomic E-state index is 0.597. The van der Waals surface area contributed by atoms with Crippen LogP contribution >= 0.6 is 11.5 Å². The molecule has 0 aliphatic heterocycles. The summed E-state index contributed by atoms with van der Waals surface area (Å²) in [6.07, 6.45) is 0.817. The second-order valence-corrected chi connectivity index (χ2v) is 3.62. The Morgan fingerprint density at radius 2 is 2.27 bits per heavy atom. The highest BCUT2D eigenvalue weighted by Gasteiger charge is 2.07. The maximum atomic E-state index is 10.9. The maximum absolute atomic E-state index is 10.9. The zero-order chi connectivity index (χ0) is 10.7. The van der Waals surface area contributed by atoms with Crippen LogP contribution in [0.2, 0.25) is 0 Å². The molecule has 1 heterocycles. The molecule has 0 atom stereocenters. The Labute approximate surface area is 91.5 Å². The van der Waals surface area contributed by atoms with Crippen molar-refractivity contribution in [2.24, 2.45) is 0 Å². The lowest BCUT2D eigenvalue weighted by Crippen LogP contribution is -1.90. The molecule has 4 heteroatoms. The zero-order valence-corrected chi connectivity index (χ0v) is 8.95. The molecular weight excluding hydrogens is 210 g/mol. The molecule has 0 radical (unpaired) electrons. The fourth-order valence-electron chi connectivity index (χ4n) is 1.35. The molecular formula is C11H9NO2S. The lowest BCUT2D eigenvalue weighted by molar-refractivity contribution is 0.112. The first-order valence-corrected chi connectivity index (χ1v) is 5.23. The zero-order valence-electron chi connectivity index (χ0n) is 8.14. The summed E-state index contributed by atoms with van der Waals surface area (Å²) < 4.78 is 9.24. The first-order chi connectivity index (χ1) is 7.35. The van der Waals surface area contributed by atoms with E-state index in [1.54, 1.807) is 13.2 Å². The van der Waals surface area contributed by atoms with Crippen molar-refractivity contribution in [2.75, 3.05) is 7.11 Å². The topological polar surface area (TPSA) is 39.2 Å². The number of ether oxygens (including phenoxy) is 1. The smallest absolute Gasteiger partial charge is 0.150 e. The fraction of sp³-hybridized carbons (Fsp3) is 0.0909. The molecule has 0 N–H and O–H groups in total. The second-order valence-electron chi connectivity index (χ2n) is 2.96. The molecule has 0 saturated heterocycles. The van der Waals surface area contributed by atoms with E-state index in [0.717, 1.165) is 17.5 Å². The minimum absolute atomic E-state index is 0.597. The number of hydrogen-bond acceptors (Lipinski definition) is 4. The van der Waals surface area contributed by atoms with E-state index < -0.39 is 0 Å². The summed E-state index contributed by atoms with van der Waals surface area (Å²) in [6.45, 7) is 0. The molecule has 0 aliphatic rings. The van der Waals surface area contributed by atoms with E-state index in [-0.39, 0.29) is 0 Å². The van der Waals surface area contributed by atoms with E-state index in [4.69, 9.17) is 4.74 Å². The van der Waals surface area contributed by atoms with Crippen LogP contribution in [0.4, 0.5) is 0 Å². The Bertz CT molecular complexity index is 465. The van der Waals surface area contributed by atoms with Crippen molar-refractivity contribution in [1.82, 2.24) is 4.37 Å². The summed E-state index contributed by atoms with van der Waals surface area (Å²) in [5.41, 5.74) is 2.26. The van der Waals surface area contributed by atoms with Gasteiger partial charge in [-0.05, 0) is 35.8 Å². The third-order valence-corrected chi connectivity index (χ3v) is 2.66. The van der Waals surface area contributed by atoms with Crippen molar-refractivity contribution in [1.29, 1.82) is 0 Å². The highest BCUT2D eigenvalue weighted by atomic mass is 32.1. The van der Waals surface area contributed by atoms with Gasteiger partial charge in [0.05, 0.1) is 12.8 Å². The minimum Gasteiger partial charge on any atom is -0.497 e. The molecule has 0 spiro atoms. The maximum Gasteiger partial charge on any atom is 0.150 e. The van der Waals surface area contributed by atoms with Gasteiger partial charge in [-0.1, -0.05) is 0 Å². The van der Waals surface area contributed by atoms with E-state index in [1.165, 1.54) is 11.5 Å². The van der Waals surface area contributed by atoms with Gasteiger partial charge in [0.2, 0.25) is 0 Å². The second kappa shape index (κ2) is 4.23. The van der Waals surface area contributed by atoms with E-state index in [0.29, 0.717) is 11.3 Å². The van der Waals surface area contributed by atoms with Gasteiger partial charge in [0.1, 0.15) is 5.75 Å². The number of rotatable bonds is 3. The molecule has 0 unspecified atom stereocenters. The molecule has 2 aromatic rings. The molecule has 2 rings (SSSR count). The van der Waals surface area contributed by atoms with Crippen molar-refractivity contribution < 1.29 is 9.53 Å². The first kappa shape index (κ1) is 9.86. The largest absolute Gasteiger partial charge is 0.497 e. The fourth-order valence-corrected chi connectivity index (χ4v) is 1.87. The Kier molecular flexibility index (Phi) is 2.78. The van der Waals surface area contributed by atoms with E-state index in [2.05, 4.69) is 4.37 Å². The van der Waals surface area contributed by atoms with Crippen molar-refractivity contribution in [3.05, 3.63) is 35.2 Å². The molecule has 0 saturated carbocycles. The SMILES string of the molecule is COc1ccc(-c2ccsn2)c(C=O)c1. The number of nitrogens with zero attached hydrogens (tertiary/aromatic N) is 1. The number of carbonyl (C=O) groups is 1. The van der Waals surface area contributed by atoms with E-state index in [9.17, 15) is 4.79 Å². The van der Waals surface area contributed by atoms with E-state index in [1.807, 2.05) is 23.6 Å². The lowest BCUT2D eigenvalue weighted by Gasteiger charge is -2.04. The molecule has 0 bridgehead atoms. The molecule has 0 aliphatic carbocycles. The predicted molar refractivity (Wildman–Crippen MR) is 59.5 cm³/mol. The van der Waals surface area contributed by atoms with Gasteiger partial charge in [-0.3, -0.25) is 4.79 Å². The average molecular weight is 219 g/mol. The molecule has 1 aromatic carbocycles. The number of aldehydes is 1. The number of carbonyl (C=O) groups excluding carboxylic acids is 1. The monoisotopic (exact) mass is 219 g/mol. The van der Waals surface area contributed by atoms with Gasteiger partial charge in [-0.2, -0.15) is 4.37 Å². The van der Waals surface area contributed by atoms with Crippen LogP contribution in [0, 0.1) is 0 Å². The first-order valence-electron chi connectivity index (χ1n) is 4.39. The number of methoxy groups -OCH3 is 1. The Hall–Kier alpha value is -1.68. The standard InChI is InChI=1S/C11H9NO2S/c1-14-9-2-3-10(8(6-9)7-13)11-4-5-15-12-11/h2-7H,1H3. The van der Waals surface area contributed by atoms with Crippen LogP contribution in [0.1, 0.15) is 10.4 Å². The van der Waals surface area contributed by atoms with Gasteiger partial charge in [0, 0.05) is 16.5 Å². The molecule has 3 nitrogen and oxygen atoms in total. The number of benzene rings is 1. The van der Waals surface area contributed by atoms with Gasteiger partial charge < -0.3 is 4.74 Å². The van der Waals surface area contributed by atoms with Crippen LogP contribution in [-0.4, -0.2) is 17.8 Å². The van der Waals surface area contributed by atoms with Gasteiger partial charge in [-0.15, -0.1) is 0 Å². The van der Waals surface area contributed by atoms with Crippen LogP contribution in [0.15, 0.2) is 29.6 Å². The Morgan fingerprint density at radius 1 is 1.40 bits per heavy atom. The van der Waals surface area contributed by atoms with Crippen LogP contribution < -0.4 is 4.74 Å². The molecule has 15 heavy (non-hydrogen) atoms. The number of aromatic nitrogens is 1. The number of hydrogen-bond donors (Lipinski definition) is 0. The third kappa shape index (κ3) is 1.89. The summed E-state index contributed by atoms with van der Waals surface area (Å²) >= 11 is 1.37. The summed E-state index contributed by atoms with van der Waals surface area (Å²) in [7, 11) is 1.58. The van der Waals surface area contributed by atoms with Crippen molar-refractivity contribution in [3.63, 3.8) is 0 Å². The summed E-state index contributed by atoms with van der Waals surface area (Å²) in [5, 5.41) is 1.88.